The highest BCUT2D eigenvalue weighted by Gasteiger charge is 2.34. The molecule has 2 heterocycles. The molecule has 2 amide bonds. The molecule has 0 atom stereocenters. The van der Waals surface area contributed by atoms with Crippen LogP contribution in [0.1, 0.15) is 53.3 Å². The smallest absolute Gasteiger partial charge is 0.261 e. The molecule has 8 heteroatoms. The molecule has 3 aromatic rings. The number of nitrogens with zero attached hydrogens (tertiary/aromatic N) is 4. The minimum absolute atomic E-state index is 0.228. The Morgan fingerprint density at radius 1 is 0.875 bits per heavy atom. The highest BCUT2D eigenvalue weighted by Crippen LogP contribution is 2.27. The van der Waals surface area contributed by atoms with E-state index in [1.165, 1.54) is 29.5 Å². The molecular weight excluding hydrogens is 444 g/mol. The molecular formula is C24H25ClN4O2S. The molecule has 0 N–H and O–H groups in total. The van der Waals surface area contributed by atoms with Crippen molar-refractivity contribution in [3.8, 4) is 11.4 Å². The number of carbonyl (C=O) groups excluding carboxylic acids is 2. The van der Waals surface area contributed by atoms with Gasteiger partial charge < -0.3 is 4.57 Å². The van der Waals surface area contributed by atoms with Gasteiger partial charge in [0.15, 0.2) is 11.0 Å². The predicted molar refractivity (Wildman–Crippen MR) is 127 cm³/mol. The van der Waals surface area contributed by atoms with Gasteiger partial charge in [-0.1, -0.05) is 61.7 Å². The molecule has 1 aliphatic heterocycles. The van der Waals surface area contributed by atoms with Crippen molar-refractivity contribution in [1.29, 1.82) is 0 Å². The second-order valence-electron chi connectivity index (χ2n) is 7.68. The number of amides is 2. The Labute approximate surface area is 197 Å². The Balaban J connectivity index is 1.46. The van der Waals surface area contributed by atoms with Crippen LogP contribution in [-0.2, 0) is 6.54 Å². The van der Waals surface area contributed by atoms with Crippen LogP contribution in [0.25, 0.3) is 11.4 Å². The molecule has 0 saturated carbocycles. The van der Waals surface area contributed by atoms with Crippen molar-refractivity contribution in [3.05, 3.63) is 64.7 Å². The number of hydrogen-bond donors (Lipinski definition) is 0. The normalized spacial score (nSPS) is 13.1. The highest BCUT2D eigenvalue weighted by atomic mass is 35.5. The van der Waals surface area contributed by atoms with E-state index < -0.39 is 0 Å². The number of halogens is 1. The number of fused-ring (bicyclic) bond motifs is 1. The van der Waals surface area contributed by atoms with Crippen LogP contribution in [0.5, 0.6) is 0 Å². The second-order valence-corrected chi connectivity index (χ2v) is 9.18. The first kappa shape index (κ1) is 22.6. The molecule has 0 saturated heterocycles. The summed E-state index contributed by atoms with van der Waals surface area (Å²) < 4.78 is 2.13. The van der Waals surface area contributed by atoms with E-state index in [1.807, 2.05) is 24.3 Å². The summed E-state index contributed by atoms with van der Waals surface area (Å²) in [7, 11) is 0. The summed E-state index contributed by atoms with van der Waals surface area (Å²) in [6, 6.07) is 14.6. The van der Waals surface area contributed by atoms with Crippen molar-refractivity contribution in [2.45, 2.75) is 44.3 Å². The van der Waals surface area contributed by atoms with Gasteiger partial charge >= 0.3 is 0 Å². The lowest BCUT2D eigenvalue weighted by molar-refractivity contribution is 0.0664. The minimum atomic E-state index is -0.228. The molecule has 0 bridgehead atoms. The third-order valence-corrected chi connectivity index (χ3v) is 6.68. The molecule has 0 aliphatic carbocycles. The Kier molecular flexibility index (Phi) is 7.27. The summed E-state index contributed by atoms with van der Waals surface area (Å²) in [6.07, 6.45) is 4.56. The quantitative estimate of drug-likeness (QED) is 0.221. The molecule has 2 aromatic carbocycles. The lowest BCUT2D eigenvalue weighted by atomic mass is 10.1. The summed E-state index contributed by atoms with van der Waals surface area (Å²) in [4.78, 5) is 26.5. The predicted octanol–water partition coefficient (Wildman–Crippen LogP) is 5.57. The first-order valence-corrected chi connectivity index (χ1v) is 12.2. The summed E-state index contributed by atoms with van der Waals surface area (Å²) in [5, 5.41) is 10.3. The first-order chi connectivity index (χ1) is 15.6. The van der Waals surface area contributed by atoms with E-state index in [1.54, 1.807) is 24.3 Å². The zero-order valence-electron chi connectivity index (χ0n) is 18.0. The fourth-order valence-corrected chi connectivity index (χ4v) is 4.79. The van der Waals surface area contributed by atoms with E-state index in [2.05, 4.69) is 21.7 Å². The maximum atomic E-state index is 12.6. The standard InChI is InChI=1S/C24H25ClN4O2S/c1-2-3-4-7-14-28-21(17-10-12-18(25)13-11-17)26-27-24(28)32-16-15-29-22(30)19-8-5-6-9-20(19)23(29)31/h5-6,8-13H,2-4,7,14-16H2,1H3. The van der Waals surface area contributed by atoms with Crippen LogP contribution in [0, 0.1) is 0 Å². The molecule has 166 valence electrons. The van der Waals surface area contributed by atoms with Crippen LogP contribution >= 0.6 is 23.4 Å². The lowest BCUT2D eigenvalue weighted by Crippen LogP contribution is -2.31. The summed E-state index contributed by atoms with van der Waals surface area (Å²) >= 11 is 7.56. The number of unbranched alkanes of at least 4 members (excludes halogenated alkanes) is 3. The van der Waals surface area contributed by atoms with Gasteiger partial charge in [-0.15, -0.1) is 10.2 Å². The number of hydrogen-bond acceptors (Lipinski definition) is 5. The average Bonchev–Trinajstić information content (AvgIpc) is 3.31. The van der Waals surface area contributed by atoms with Crippen molar-refractivity contribution >= 4 is 35.2 Å². The van der Waals surface area contributed by atoms with Crippen molar-refractivity contribution in [3.63, 3.8) is 0 Å². The van der Waals surface area contributed by atoms with Gasteiger partial charge in [-0.25, -0.2) is 0 Å². The fraction of sp³-hybridized carbons (Fsp3) is 0.333. The van der Waals surface area contributed by atoms with Crippen molar-refractivity contribution in [2.75, 3.05) is 12.3 Å². The van der Waals surface area contributed by atoms with Crippen LogP contribution in [0.2, 0.25) is 5.02 Å². The van der Waals surface area contributed by atoms with E-state index >= 15 is 0 Å². The van der Waals surface area contributed by atoms with Gasteiger partial charge in [-0.3, -0.25) is 14.5 Å². The van der Waals surface area contributed by atoms with E-state index in [-0.39, 0.29) is 11.8 Å². The Morgan fingerprint density at radius 2 is 1.56 bits per heavy atom. The third kappa shape index (κ3) is 4.74. The van der Waals surface area contributed by atoms with E-state index in [0.29, 0.717) is 28.4 Å². The van der Waals surface area contributed by atoms with Gasteiger partial charge in [-0.2, -0.15) is 0 Å². The van der Waals surface area contributed by atoms with Crippen LogP contribution in [0.15, 0.2) is 53.7 Å². The highest BCUT2D eigenvalue weighted by molar-refractivity contribution is 7.99. The maximum absolute atomic E-state index is 12.6. The van der Waals surface area contributed by atoms with Gasteiger partial charge in [-0.05, 0) is 42.8 Å². The number of benzene rings is 2. The molecule has 4 rings (SSSR count). The van der Waals surface area contributed by atoms with Crippen molar-refractivity contribution < 1.29 is 9.59 Å². The third-order valence-electron chi connectivity index (χ3n) is 5.48. The largest absolute Gasteiger partial charge is 0.302 e. The van der Waals surface area contributed by atoms with Gasteiger partial charge in [0, 0.05) is 29.4 Å². The van der Waals surface area contributed by atoms with Gasteiger partial charge in [0.2, 0.25) is 0 Å². The van der Waals surface area contributed by atoms with Crippen LogP contribution in [0.4, 0.5) is 0 Å². The van der Waals surface area contributed by atoms with Crippen LogP contribution < -0.4 is 0 Å². The lowest BCUT2D eigenvalue weighted by Gasteiger charge is -2.14. The molecule has 0 unspecified atom stereocenters. The average molecular weight is 469 g/mol. The monoisotopic (exact) mass is 468 g/mol. The number of imide groups is 1. The fourth-order valence-electron chi connectivity index (χ4n) is 3.78. The summed E-state index contributed by atoms with van der Waals surface area (Å²) in [6.45, 7) is 3.34. The van der Waals surface area contributed by atoms with Crippen LogP contribution in [0.3, 0.4) is 0 Å². The molecule has 0 radical (unpaired) electrons. The SMILES string of the molecule is CCCCCCn1c(SCCN2C(=O)c3ccccc3C2=O)nnc1-c1ccc(Cl)cc1. The molecule has 6 nitrogen and oxygen atoms in total. The molecule has 0 fully saturated rings. The van der Waals surface area contributed by atoms with E-state index in [0.717, 1.165) is 35.9 Å². The number of aromatic nitrogens is 3. The Bertz CT molecular complexity index is 1080. The maximum Gasteiger partial charge on any atom is 0.261 e. The molecule has 0 spiro atoms. The first-order valence-electron chi connectivity index (χ1n) is 10.9. The van der Waals surface area contributed by atoms with Gasteiger partial charge in [0.1, 0.15) is 0 Å². The number of rotatable bonds is 10. The molecule has 1 aromatic heterocycles. The van der Waals surface area contributed by atoms with Crippen molar-refractivity contribution in [1.82, 2.24) is 19.7 Å². The summed E-state index contributed by atoms with van der Waals surface area (Å²) in [5.41, 5.74) is 1.92. The Morgan fingerprint density at radius 3 is 2.22 bits per heavy atom. The van der Waals surface area contributed by atoms with Gasteiger partial charge in [0.25, 0.3) is 11.8 Å². The molecule has 1 aliphatic rings. The summed E-state index contributed by atoms with van der Waals surface area (Å²) in [5.74, 6) is 0.906. The minimum Gasteiger partial charge on any atom is -0.302 e. The van der Waals surface area contributed by atoms with Crippen molar-refractivity contribution in [2.24, 2.45) is 0 Å². The zero-order chi connectivity index (χ0) is 22.5. The topological polar surface area (TPSA) is 68.1 Å². The van der Waals surface area contributed by atoms with E-state index in [9.17, 15) is 9.59 Å². The Hall–Kier alpha value is -2.64. The van der Waals surface area contributed by atoms with Crippen LogP contribution in [-0.4, -0.2) is 43.8 Å². The van der Waals surface area contributed by atoms with Gasteiger partial charge in [0.05, 0.1) is 11.1 Å². The van der Waals surface area contributed by atoms with E-state index in [4.69, 9.17) is 11.6 Å². The zero-order valence-corrected chi connectivity index (χ0v) is 19.5. The molecule has 32 heavy (non-hydrogen) atoms. The number of thioether (sulfide) groups is 1. The number of carbonyl (C=O) groups is 2. The second kappa shape index (κ2) is 10.3.